The molecule has 0 aliphatic rings. The minimum Gasteiger partial charge on any atom is -0.294 e. The Kier molecular flexibility index (Phi) is 4.62. The molecule has 3 rings (SSSR count). The molecule has 0 spiro atoms. The van der Waals surface area contributed by atoms with E-state index in [9.17, 15) is 4.79 Å². The van der Waals surface area contributed by atoms with Gasteiger partial charge in [0.15, 0.2) is 5.78 Å². The molecular formula is C21H19NO. The van der Waals surface area contributed by atoms with Crippen LogP contribution in [0.4, 0.5) is 0 Å². The summed E-state index contributed by atoms with van der Waals surface area (Å²) < 4.78 is 0. The summed E-state index contributed by atoms with van der Waals surface area (Å²) >= 11 is 0. The van der Waals surface area contributed by atoms with E-state index in [1.807, 2.05) is 49.4 Å². The van der Waals surface area contributed by atoms with Crippen LogP contribution in [-0.4, -0.2) is 10.8 Å². The van der Waals surface area contributed by atoms with E-state index < -0.39 is 0 Å². The summed E-state index contributed by atoms with van der Waals surface area (Å²) in [7, 11) is 0. The highest BCUT2D eigenvalue weighted by Gasteiger charge is 2.19. The van der Waals surface area contributed by atoms with E-state index in [1.54, 1.807) is 12.3 Å². The number of pyridine rings is 1. The van der Waals surface area contributed by atoms with Gasteiger partial charge < -0.3 is 0 Å². The van der Waals surface area contributed by atoms with Crippen molar-refractivity contribution >= 4 is 5.78 Å². The molecule has 0 unspecified atom stereocenters. The number of aryl methyl sites for hydroxylation is 1. The maximum Gasteiger partial charge on any atom is 0.163 e. The lowest BCUT2D eigenvalue weighted by Crippen LogP contribution is -2.09. The van der Waals surface area contributed by atoms with Gasteiger partial charge in [-0.3, -0.25) is 9.78 Å². The molecule has 2 aromatic carbocycles. The number of hydrogen-bond acceptors (Lipinski definition) is 2. The molecule has 0 saturated carbocycles. The molecule has 0 saturated heterocycles. The third-order valence-corrected chi connectivity index (χ3v) is 4.01. The van der Waals surface area contributed by atoms with Crippen LogP contribution in [0.1, 0.15) is 39.5 Å². The monoisotopic (exact) mass is 301 g/mol. The Morgan fingerprint density at radius 1 is 0.913 bits per heavy atom. The Morgan fingerprint density at radius 2 is 1.48 bits per heavy atom. The van der Waals surface area contributed by atoms with Crippen LogP contribution in [0.15, 0.2) is 79.0 Å². The van der Waals surface area contributed by atoms with E-state index in [4.69, 9.17) is 0 Å². The molecule has 0 aliphatic carbocycles. The molecule has 3 aromatic rings. The fourth-order valence-corrected chi connectivity index (χ4v) is 2.82. The summed E-state index contributed by atoms with van der Waals surface area (Å²) in [6, 6.07) is 24.1. The largest absolute Gasteiger partial charge is 0.294 e. The fraction of sp³-hybridized carbons (Fsp3) is 0.143. The van der Waals surface area contributed by atoms with Gasteiger partial charge in [-0.1, -0.05) is 60.7 Å². The van der Waals surface area contributed by atoms with Crippen molar-refractivity contribution in [2.75, 3.05) is 0 Å². The Morgan fingerprint density at radius 3 is 2.00 bits per heavy atom. The molecule has 2 nitrogen and oxygen atoms in total. The number of rotatable bonds is 5. The number of nitrogens with zero attached hydrogens (tertiary/aromatic N) is 1. The zero-order valence-electron chi connectivity index (χ0n) is 13.1. The molecule has 1 aromatic heterocycles. The van der Waals surface area contributed by atoms with Gasteiger partial charge >= 0.3 is 0 Å². The number of benzene rings is 2. The standard InChI is InChI=1S/C21H19NO/c1-16-14-19(12-13-22-16)21(23)15-20(17-8-4-2-5-9-17)18-10-6-3-7-11-18/h2-14,20H,15H2,1H3. The van der Waals surface area contributed by atoms with Crippen molar-refractivity contribution in [3.05, 3.63) is 101 Å². The summed E-state index contributed by atoms with van der Waals surface area (Å²) in [5.74, 6) is 0.214. The van der Waals surface area contributed by atoms with Crippen LogP contribution in [-0.2, 0) is 0 Å². The molecule has 0 aliphatic heterocycles. The average Bonchev–Trinajstić information content (AvgIpc) is 2.61. The van der Waals surface area contributed by atoms with E-state index in [-0.39, 0.29) is 11.7 Å². The van der Waals surface area contributed by atoms with Crippen LogP contribution in [0, 0.1) is 6.92 Å². The maximum atomic E-state index is 12.7. The summed E-state index contributed by atoms with van der Waals surface area (Å²) in [6.45, 7) is 1.91. The van der Waals surface area contributed by atoms with Crippen molar-refractivity contribution in [1.82, 2.24) is 4.98 Å². The van der Waals surface area contributed by atoms with Crippen molar-refractivity contribution in [3.63, 3.8) is 0 Å². The van der Waals surface area contributed by atoms with Gasteiger partial charge in [-0.15, -0.1) is 0 Å². The number of hydrogen-bond donors (Lipinski definition) is 0. The van der Waals surface area contributed by atoms with Crippen molar-refractivity contribution in [1.29, 1.82) is 0 Å². The molecule has 1 heterocycles. The molecule has 0 amide bonds. The molecule has 0 N–H and O–H groups in total. The zero-order valence-corrected chi connectivity index (χ0v) is 13.1. The first kappa shape index (κ1) is 15.2. The van der Waals surface area contributed by atoms with E-state index >= 15 is 0 Å². The highest BCUT2D eigenvalue weighted by molar-refractivity contribution is 5.96. The Bertz CT molecular complexity index is 742. The summed E-state index contributed by atoms with van der Waals surface area (Å²) in [4.78, 5) is 16.9. The second-order valence-corrected chi connectivity index (χ2v) is 5.69. The Hall–Kier alpha value is -2.74. The highest BCUT2D eigenvalue weighted by atomic mass is 16.1. The van der Waals surface area contributed by atoms with Crippen molar-refractivity contribution in [2.45, 2.75) is 19.3 Å². The number of ketones is 1. The van der Waals surface area contributed by atoms with Crippen LogP contribution in [0.5, 0.6) is 0 Å². The molecular weight excluding hydrogens is 282 g/mol. The lowest BCUT2D eigenvalue weighted by molar-refractivity contribution is 0.0977. The summed E-state index contributed by atoms with van der Waals surface area (Å²) in [5, 5.41) is 0. The molecule has 114 valence electrons. The van der Waals surface area contributed by atoms with Crippen molar-refractivity contribution in [2.24, 2.45) is 0 Å². The molecule has 0 radical (unpaired) electrons. The molecule has 2 heteroatoms. The van der Waals surface area contributed by atoms with Crippen LogP contribution in [0.2, 0.25) is 0 Å². The van der Waals surface area contributed by atoms with Gasteiger partial charge in [-0.05, 0) is 30.2 Å². The van der Waals surface area contributed by atoms with Crippen LogP contribution in [0.25, 0.3) is 0 Å². The van der Waals surface area contributed by atoms with Crippen molar-refractivity contribution in [3.8, 4) is 0 Å². The lowest BCUT2D eigenvalue weighted by atomic mass is 9.86. The second-order valence-electron chi connectivity index (χ2n) is 5.69. The normalized spacial score (nSPS) is 10.7. The SMILES string of the molecule is Cc1cc(C(=O)CC(c2ccccc2)c2ccccc2)ccn1. The van der Waals surface area contributed by atoms with Gasteiger partial charge in [0.2, 0.25) is 0 Å². The third kappa shape index (κ3) is 3.72. The molecule has 0 fully saturated rings. The third-order valence-electron chi connectivity index (χ3n) is 4.01. The Labute approximate surface area is 136 Å². The zero-order chi connectivity index (χ0) is 16.1. The molecule has 23 heavy (non-hydrogen) atoms. The van der Waals surface area contributed by atoms with E-state index in [1.165, 1.54) is 0 Å². The predicted molar refractivity (Wildman–Crippen MR) is 92.6 cm³/mol. The second kappa shape index (κ2) is 7.01. The smallest absolute Gasteiger partial charge is 0.163 e. The fourth-order valence-electron chi connectivity index (χ4n) is 2.82. The quantitative estimate of drug-likeness (QED) is 0.634. The van der Waals surface area contributed by atoms with E-state index in [0.717, 1.165) is 22.4 Å². The minimum absolute atomic E-state index is 0.0679. The predicted octanol–water partition coefficient (Wildman–Crippen LogP) is 4.79. The topological polar surface area (TPSA) is 30.0 Å². The number of carbonyl (C=O) groups is 1. The molecule has 0 atom stereocenters. The van der Waals surface area contributed by atoms with Gasteiger partial charge in [0.05, 0.1) is 0 Å². The number of carbonyl (C=O) groups excluding carboxylic acids is 1. The van der Waals surface area contributed by atoms with Crippen LogP contribution >= 0.6 is 0 Å². The summed E-state index contributed by atoms with van der Waals surface area (Å²) in [5.41, 5.74) is 3.93. The van der Waals surface area contributed by atoms with E-state index in [0.29, 0.717) is 6.42 Å². The van der Waals surface area contributed by atoms with Gasteiger partial charge in [0.25, 0.3) is 0 Å². The number of Topliss-reactive ketones (excluding diaryl/α,β-unsaturated/α-hetero) is 1. The first-order chi connectivity index (χ1) is 11.2. The van der Waals surface area contributed by atoms with Gasteiger partial charge in [0.1, 0.15) is 0 Å². The first-order valence-electron chi connectivity index (χ1n) is 7.80. The maximum absolute atomic E-state index is 12.7. The summed E-state index contributed by atoms with van der Waals surface area (Å²) in [6.07, 6.45) is 2.15. The van der Waals surface area contributed by atoms with Gasteiger partial charge in [0, 0.05) is 29.8 Å². The van der Waals surface area contributed by atoms with Gasteiger partial charge in [-0.25, -0.2) is 0 Å². The number of aromatic nitrogens is 1. The average molecular weight is 301 g/mol. The van der Waals surface area contributed by atoms with Crippen molar-refractivity contribution < 1.29 is 4.79 Å². The van der Waals surface area contributed by atoms with Crippen LogP contribution in [0.3, 0.4) is 0 Å². The minimum atomic E-state index is 0.0679. The Balaban J connectivity index is 1.92. The first-order valence-corrected chi connectivity index (χ1v) is 7.80. The molecule has 0 bridgehead atoms. The van der Waals surface area contributed by atoms with Crippen LogP contribution < -0.4 is 0 Å². The van der Waals surface area contributed by atoms with E-state index in [2.05, 4.69) is 29.2 Å². The highest BCUT2D eigenvalue weighted by Crippen LogP contribution is 2.29. The lowest BCUT2D eigenvalue weighted by Gasteiger charge is -2.17. The van der Waals surface area contributed by atoms with Gasteiger partial charge in [-0.2, -0.15) is 0 Å².